The monoisotopic (exact) mass is 366 g/mol. The van der Waals surface area contributed by atoms with Gasteiger partial charge in [-0.25, -0.2) is 0 Å². The van der Waals surface area contributed by atoms with Crippen LogP contribution in [-0.2, 0) is 30.3 Å². The molecule has 0 amide bonds. The molecule has 0 saturated carbocycles. The summed E-state index contributed by atoms with van der Waals surface area (Å²) in [7, 11) is 1.37. The molecule has 1 aromatic carbocycles. The molecule has 5 atom stereocenters. The van der Waals surface area contributed by atoms with Gasteiger partial charge < -0.3 is 24.1 Å². The van der Waals surface area contributed by atoms with Crippen LogP contribution in [-0.4, -0.2) is 49.9 Å². The highest BCUT2D eigenvalue weighted by atomic mass is 16.7. The summed E-state index contributed by atoms with van der Waals surface area (Å²) in [6, 6.07) is 9.95. The second-order valence-corrected chi connectivity index (χ2v) is 6.76. The molecule has 0 radical (unpaired) electrons. The average molecular weight is 366 g/mol. The maximum absolute atomic E-state index is 11.2. The number of rotatable bonds is 9. The van der Waals surface area contributed by atoms with E-state index >= 15 is 0 Å². The minimum absolute atomic E-state index is 0.0566. The molecule has 2 rings (SSSR count). The molecule has 1 fully saturated rings. The van der Waals surface area contributed by atoms with E-state index < -0.39 is 6.29 Å². The van der Waals surface area contributed by atoms with Crippen molar-refractivity contribution in [3.63, 3.8) is 0 Å². The number of carbonyl (C=O) groups is 1. The van der Waals surface area contributed by atoms with Crippen molar-refractivity contribution in [2.24, 2.45) is 11.8 Å². The molecule has 1 aromatic rings. The topological polar surface area (TPSA) is 74.2 Å². The van der Waals surface area contributed by atoms with Crippen LogP contribution < -0.4 is 0 Å². The van der Waals surface area contributed by atoms with Crippen molar-refractivity contribution in [1.29, 1.82) is 0 Å². The zero-order chi connectivity index (χ0) is 18.9. The predicted molar refractivity (Wildman–Crippen MR) is 96.3 cm³/mol. The normalized spacial score (nSPS) is 28.7. The largest absolute Gasteiger partial charge is 0.469 e. The van der Waals surface area contributed by atoms with Crippen LogP contribution >= 0.6 is 0 Å². The molecular formula is C20H30O6. The van der Waals surface area contributed by atoms with Crippen molar-refractivity contribution in [2.45, 2.75) is 51.8 Å². The fourth-order valence-electron chi connectivity index (χ4n) is 3.12. The molecule has 1 aliphatic rings. The zero-order valence-electron chi connectivity index (χ0n) is 15.8. The highest BCUT2D eigenvalue weighted by Crippen LogP contribution is 2.33. The quantitative estimate of drug-likeness (QED) is 0.535. The summed E-state index contributed by atoms with van der Waals surface area (Å²) in [5.74, 6) is 0.0520. The van der Waals surface area contributed by atoms with Crippen LogP contribution in [0.15, 0.2) is 30.3 Å². The number of aliphatic hydroxyl groups is 1. The van der Waals surface area contributed by atoms with Gasteiger partial charge >= 0.3 is 5.97 Å². The van der Waals surface area contributed by atoms with Crippen molar-refractivity contribution in [2.75, 3.05) is 20.3 Å². The Balaban J connectivity index is 1.95. The summed E-state index contributed by atoms with van der Waals surface area (Å²) in [5.41, 5.74) is 1.08. The Morgan fingerprint density at radius 1 is 1.15 bits per heavy atom. The lowest BCUT2D eigenvalue weighted by molar-refractivity contribution is -0.287. The molecule has 26 heavy (non-hydrogen) atoms. The molecule has 2 unspecified atom stereocenters. The molecule has 0 aromatic heterocycles. The van der Waals surface area contributed by atoms with Crippen LogP contribution in [0.3, 0.4) is 0 Å². The van der Waals surface area contributed by atoms with Gasteiger partial charge in [0.1, 0.15) is 6.10 Å². The Labute approximate surface area is 155 Å². The highest BCUT2D eigenvalue weighted by molar-refractivity contribution is 5.68. The van der Waals surface area contributed by atoms with E-state index in [1.807, 2.05) is 30.3 Å². The number of carbonyl (C=O) groups excluding carboxylic acids is 1. The van der Waals surface area contributed by atoms with E-state index in [-0.39, 0.29) is 36.6 Å². The summed E-state index contributed by atoms with van der Waals surface area (Å²) in [6.45, 7) is 4.93. The molecule has 0 bridgehead atoms. The van der Waals surface area contributed by atoms with Crippen molar-refractivity contribution in [3.05, 3.63) is 35.9 Å². The standard InChI is InChI=1S/C20H30O6/c1-14-15(2)19(25-13-16-8-5-4-6-9-16)20(26-17(14)12-21)24-11-7-10-18(22)23-3/h4-6,8-9,14-15,17,19-21H,7,10-13H2,1-3H3/t14-,15-,17?,19?,20+/m0/s1. The number of benzene rings is 1. The Morgan fingerprint density at radius 2 is 1.88 bits per heavy atom. The van der Waals surface area contributed by atoms with Gasteiger partial charge in [0.25, 0.3) is 0 Å². The summed E-state index contributed by atoms with van der Waals surface area (Å²) in [6.07, 6.45) is -0.252. The Morgan fingerprint density at radius 3 is 2.54 bits per heavy atom. The van der Waals surface area contributed by atoms with Crippen LogP contribution in [0.4, 0.5) is 0 Å². The van der Waals surface area contributed by atoms with E-state index in [0.29, 0.717) is 26.1 Å². The molecule has 6 nitrogen and oxygen atoms in total. The maximum atomic E-state index is 11.2. The third kappa shape index (κ3) is 5.77. The first kappa shape index (κ1) is 20.8. The summed E-state index contributed by atoms with van der Waals surface area (Å²) >= 11 is 0. The van der Waals surface area contributed by atoms with Crippen LogP contribution in [0.2, 0.25) is 0 Å². The second-order valence-electron chi connectivity index (χ2n) is 6.76. The lowest BCUT2D eigenvalue weighted by Crippen LogP contribution is -2.52. The molecule has 1 saturated heterocycles. The Bertz CT molecular complexity index is 534. The van der Waals surface area contributed by atoms with E-state index in [0.717, 1.165) is 5.56 Å². The van der Waals surface area contributed by atoms with Crippen LogP contribution in [0, 0.1) is 11.8 Å². The molecule has 0 spiro atoms. The van der Waals surface area contributed by atoms with Crippen molar-refractivity contribution in [1.82, 2.24) is 0 Å². The number of methoxy groups -OCH3 is 1. The van der Waals surface area contributed by atoms with E-state index in [4.69, 9.17) is 14.2 Å². The first-order chi connectivity index (χ1) is 12.6. The number of hydrogen-bond donors (Lipinski definition) is 1. The second kappa shape index (κ2) is 10.6. The molecular weight excluding hydrogens is 336 g/mol. The van der Waals surface area contributed by atoms with Gasteiger partial charge in [0.2, 0.25) is 0 Å². The Hall–Kier alpha value is -1.47. The lowest BCUT2D eigenvalue weighted by Gasteiger charge is -2.43. The number of aliphatic hydroxyl groups excluding tert-OH is 1. The highest BCUT2D eigenvalue weighted by Gasteiger charge is 2.42. The first-order valence-corrected chi connectivity index (χ1v) is 9.17. The maximum Gasteiger partial charge on any atom is 0.305 e. The zero-order valence-corrected chi connectivity index (χ0v) is 15.8. The number of ether oxygens (including phenoxy) is 4. The van der Waals surface area contributed by atoms with Crippen LogP contribution in [0.25, 0.3) is 0 Å². The van der Waals surface area contributed by atoms with Gasteiger partial charge in [-0.1, -0.05) is 44.2 Å². The first-order valence-electron chi connectivity index (χ1n) is 9.17. The van der Waals surface area contributed by atoms with Crippen molar-refractivity contribution in [3.8, 4) is 0 Å². The lowest BCUT2D eigenvalue weighted by atomic mass is 9.83. The minimum atomic E-state index is -0.570. The molecule has 1 heterocycles. The van der Waals surface area contributed by atoms with Gasteiger partial charge in [-0.2, -0.15) is 0 Å². The van der Waals surface area contributed by atoms with Gasteiger partial charge in [-0.05, 0) is 23.8 Å². The molecule has 0 aliphatic carbocycles. The third-order valence-corrected chi connectivity index (χ3v) is 5.01. The van der Waals surface area contributed by atoms with Gasteiger partial charge in [0.15, 0.2) is 6.29 Å². The number of esters is 1. The van der Waals surface area contributed by atoms with Crippen LogP contribution in [0.5, 0.6) is 0 Å². The molecule has 1 N–H and O–H groups in total. The summed E-state index contributed by atoms with van der Waals surface area (Å²) in [4.78, 5) is 11.2. The van der Waals surface area contributed by atoms with Gasteiger partial charge in [0.05, 0.1) is 33.0 Å². The Kier molecular flexibility index (Phi) is 8.51. The summed E-state index contributed by atoms with van der Waals surface area (Å²) < 4.78 is 22.6. The van der Waals surface area contributed by atoms with E-state index in [2.05, 4.69) is 18.6 Å². The SMILES string of the molecule is COC(=O)CCCO[C@@H]1OC(CO)[C@@H](C)[C@H](C)C1OCc1ccccc1. The molecule has 6 heteroatoms. The van der Waals surface area contributed by atoms with Gasteiger partial charge in [-0.15, -0.1) is 0 Å². The van der Waals surface area contributed by atoms with E-state index in [1.165, 1.54) is 7.11 Å². The van der Waals surface area contributed by atoms with Crippen molar-refractivity contribution >= 4 is 5.97 Å². The smallest absolute Gasteiger partial charge is 0.305 e. The minimum Gasteiger partial charge on any atom is -0.469 e. The molecule has 146 valence electrons. The predicted octanol–water partition coefficient (Wildman–Crippen LogP) is 2.53. The fraction of sp³-hybridized carbons (Fsp3) is 0.650. The van der Waals surface area contributed by atoms with E-state index in [1.54, 1.807) is 0 Å². The third-order valence-electron chi connectivity index (χ3n) is 5.01. The average Bonchev–Trinajstić information content (AvgIpc) is 2.67. The fourth-order valence-corrected chi connectivity index (χ4v) is 3.12. The number of hydrogen-bond acceptors (Lipinski definition) is 6. The van der Waals surface area contributed by atoms with Crippen molar-refractivity contribution < 1.29 is 28.8 Å². The molecule has 1 aliphatic heterocycles. The summed E-state index contributed by atoms with van der Waals surface area (Å²) in [5, 5.41) is 9.58. The van der Waals surface area contributed by atoms with Crippen LogP contribution in [0.1, 0.15) is 32.3 Å². The van der Waals surface area contributed by atoms with Gasteiger partial charge in [0, 0.05) is 6.42 Å². The van der Waals surface area contributed by atoms with E-state index in [9.17, 15) is 9.90 Å². The van der Waals surface area contributed by atoms with Gasteiger partial charge in [-0.3, -0.25) is 4.79 Å².